The van der Waals surface area contributed by atoms with Crippen LogP contribution in [0.4, 0.5) is 5.69 Å². The first-order chi connectivity index (χ1) is 9.72. The van der Waals surface area contributed by atoms with Crippen molar-refractivity contribution in [3.8, 4) is 5.88 Å². The van der Waals surface area contributed by atoms with Crippen LogP contribution in [0.1, 0.15) is 0 Å². The standard InChI is InChI=1S/C14H11N3O3/c1-2-17(11-7-4-3-5-8-11)13(18)14(19)20-12-9-6-10-15-16-12/h2-10H,1H2. The second-order valence-corrected chi connectivity index (χ2v) is 3.64. The number of carbonyl (C=O) groups excluding carboxylic acids is 2. The van der Waals surface area contributed by atoms with Gasteiger partial charge in [-0.25, -0.2) is 4.79 Å². The van der Waals surface area contributed by atoms with Crippen LogP contribution >= 0.6 is 0 Å². The predicted molar refractivity (Wildman–Crippen MR) is 71.8 cm³/mol. The zero-order valence-electron chi connectivity index (χ0n) is 10.5. The zero-order valence-corrected chi connectivity index (χ0v) is 10.5. The van der Waals surface area contributed by atoms with Crippen molar-refractivity contribution >= 4 is 17.6 Å². The van der Waals surface area contributed by atoms with Gasteiger partial charge in [0.25, 0.3) is 0 Å². The molecule has 1 aromatic carbocycles. The highest BCUT2D eigenvalue weighted by Gasteiger charge is 2.23. The van der Waals surface area contributed by atoms with Gasteiger partial charge in [0.2, 0.25) is 5.88 Å². The van der Waals surface area contributed by atoms with E-state index in [4.69, 9.17) is 4.74 Å². The minimum atomic E-state index is -1.06. The minimum Gasteiger partial charge on any atom is -0.399 e. The highest BCUT2D eigenvalue weighted by atomic mass is 16.5. The number of para-hydroxylation sites is 1. The number of esters is 1. The van der Waals surface area contributed by atoms with E-state index in [0.717, 1.165) is 4.90 Å². The SMILES string of the molecule is C=CN(C(=O)C(=O)Oc1cccnn1)c1ccccc1. The van der Waals surface area contributed by atoms with Crippen molar-refractivity contribution in [2.45, 2.75) is 0 Å². The van der Waals surface area contributed by atoms with Crippen molar-refractivity contribution < 1.29 is 14.3 Å². The van der Waals surface area contributed by atoms with Crippen LogP contribution in [0.2, 0.25) is 0 Å². The summed E-state index contributed by atoms with van der Waals surface area (Å²) in [4.78, 5) is 24.9. The fourth-order valence-electron chi connectivity index (χ4n) is 1.47. The summed E-state index contributed by atoms with van der Waals surface area (Å²) in [7, 11) is 0. The van der Waals surface area contributed by atoms with Gasteiger partial charge in [-0.1, -0.05) is 24.8 Å². The monoisotopic (exact) mass is 269 g/mol. The average Bonchev–Trinajstić information content (AvgIpc) is 2.50. The molecule has 0 bridgehead atoms. The highest BCUT2D eigenvalue weighted by molar-refractivity contribution is 6.39. The summed E-state index contributed by atoms with van der Waals surface area (Å²) < 4.78 is 4.83. The first-order valence-corrected chi connectivity index (χ1v) is 5.73. The third kappa shape index (κ3) is 3.05. The molecular formula is C14H11N3O3. The second kappa shape index (κ2) is 6.24. The molecule has 20 heavy (non-hydrogen) atoms. The summed E-state index contributed by atoms with van der Waals surface area (Å²) in [5.74, 6) is -1.96. The van der Waals surface area contributed by atoms with Crippen LogP contribution in [-0.4, -0.2) is 22.1 Å². The van der Waals surface area contributed by atoms with E-state index in [1.165, 1.54) is 18.5 Å². The first-order valence-electron chi connectivity index (χ1n) is 5.73. The molecule has 0 fully saturated rings. The topological polar surface area (TPSA) is 72.4 Å². The molecule has 0 aliphatic rings. The Morgan fingerprint density at radius 3 is 2.50 bits per heavy atom. The van der Waals surface area contributed by atoms with Crippen LogP contribution in [0.25, 0.3) is 0 Å². The molecule has 0 aliphatic heterocycles. The number of benzene rings is 1. The van der Waals surface area contributed by atoms with Crippen molar-refractivity contribution in [1.29, 1.82) is 0 Å². The number of carbonyl (C=O) groups is 2. The molecule has 1 amide bonds. The summed E-state index contributed by atoms with van der Waals surface area (Å²) in [6.45, 7) is 3.52. The fraction of sp³-hybridized carbons (Fsp3) is 0. The number of rotatable bonds is 3. The summed E-state index contributed by atoms with van der Waals surface area (Å²) in [6.07, 6.45) is 2.68. The number of aromatic nitrogens is 2. The van der Waals surface area contributed by atoms with E-state index in [1.54, 1.807) is 36.4 Å². The van der Waals surface area contributed by atoms with Gasteiger partial charge in [0.05, 0.1) is 0 Å². The van der Waals surface area contributed by atoms with Crippen LogP contribution < -0.4 is 9.64 Å². The number of hydrogen-bond acceptors (Lipinski definition) is 5. The number of nitrogens with zero attached hydrogens (tertiary/aromatic N) is 3. The molecular weight excluding hydrogens is 258 g/mol. The van der Waals surface area contributed by atoms with E-state index in [-0.39, 0.29) is 5.88 Å². The maximum atomic E-state index is 12.0. The summed E-state index contributed by atoms with van der Waals surface area (Å²) in [5, 5.41) is 7.12. The van der Waals surface area contributed by atoms with Gasteiger partial charge in [-0.3, -0.25) is 9.69 Å². The molecule has 0 spiro atoms. The van der Waals surface area contributed by atoms with E-state index in [2.05, 4.69) is 16.8 Å². The lowest BCUT2D eigenvalue weighted by molar-refractivity contribution is -0.146. The molecule has 2 rings (SSSR count). The molecule has 6 nitrogen and oxygen atoms in total. The molecule has 0 radical (unpaired) electrons. The molecule has 6 heteroatoms. The largest absolute Gasteiger partial charge is 0.404 e. The van der Waals surface area contributed by atoms with Crippen molar-refractivity contribution in [3.63, 3.8) is 0 Å². The molecule has 0 unspecified atom stereocenters. The molecule has 0 saturated heterocycles. The van der Waals surface area contributed by atoms with Crippen molar-refractivity contribution in [2.24, 2.45) is 0 Å². The Balaban J connectivity index is 2.13. The van der Waals surface area contributed by atoms with E-state index in [1.807, 2.05) is 0 Å². The molecule has 0 aliphatic carbocycles. The third-order valence-corrected chi connectivity index (χ3v) is 2.36. The Hall–Kier alpha value is -3.02. The van der Waals surface area contributed by atoms with Gasteiger partial charge in [0.1, 0.15) is 0 Å². The van der Waals surface area contributed by atoms with Crippen molar-refractivity contribution in [2.75, 3.05) is 4.90 Å². The van der Waals surface area contributed by atoms with Gasteiger partial charge in [0, 0.05) is 24.2 Å². The van der Waals surface area contributed by atoms with E-state index >= 15 is 0 Å². The molecule has 2 aromatic rings. The average molecular weight is 269 g/mol. The van der Waals surface area contributed by atoms with Crippen LogP contribution in [0, 0.1) is 0 Å². The maximum absolute atomic E-state index is 12.0. The maximum Gasteiger partial charge on any atom is 0.404 e. The van der Waals surface area contributed by atoms with E-state index in [9.17, 15) is 9.59 Å². The Labute approximate surface area is 115 Å². The first kappa shape index (κ1) is 13.4. The number of hydrogen-bond donors (Lipinski definition) is 0. The van der Waals surface area contributed by atoms with Gasteiger partial charge in [-0.05, 0) is 18.2 Å². The molecule has 1 heterocycles. The minimum absolute atomic E-state index is 0.0390. The Kier molecular flexibility index (Phi) is 4.18. The van der Waals surface area contributed by atoms with Gasteiger partial charge in [-0.15, -0.1) is 5.10 Å². The lowest BCUT2D eigenvalue weighted by atomic mass is 10.3. The lowest BCUT2D eigenvalue weighted by Crippen LogP contribution is -2.35. The van der Waals surface area contributed by atoms with Gasteiger partial charge < -0.3 is 4.74 Å². The molecule has 0 N–H and O–H groups in total. The quantitative estimate of drug-likeness (QED) is 0.624. The van der Waals surface area contributed by atoms with Crippen molar-refractivity contribution in [1.82, 2.24) is 10.2 Å². The predicted octanol–water partition coefficient (Wildman–Crippen LogP) is 1.56. The lowest BCUT2D eigenvalue weighted by Gasteiger charge is -2.16. The third-order valence-electron chi connectivity index (χ3n) is 2.36. The smallest absolute Gasteiger partial charge is 0.399 e. The van der Waals surface area contributed by atoms with Crippen LogP contribution in [-0.2, 0) is 9.59 Å². The van der Waals surface area contributed by atoms with Crippen LogP contribution in [0.5, 0.6) is 5.88 Å². The van der Waals surface area contributed by atoms with Crippen LogP contribution in [0.15, 0.2) is 61.4 Å². The molecule has 100 valence electrons. The molecule has 0 saturated carbocycles. The number of anilines is 1. The van der Waals surface area contributed by atoms with E-state index in [0.29, 0.717) is 5.69 Å². The van der Waals surface area contributed by atoms with Crippen LogP contribution in [0.3, 0.4) is 0 Å². The second-order valence-electron chi connectivity index (χ2n) is 3.64. The normalized spacial score (nSPS) is 9.60. The summed E-state index contributed by atoms with van der Waals surface area (Å²) in [6, 6.07) is 11.6. The highest BCUT2D eigenvalue weighted by Crippen LogP contribution is 2.14. The summed E-state index contributed by atoms with van der Waals surface area (Å²) >= 11 is 0. The Morgan fingerprint density at radius 2 is 1.90 bits per heavy atom. The summed E-state index contributed by atoms with van der Waals surface area (Å²) in [5.41, 5.74) is 0.517. The molecule has 1 aromatic heterocycles. The fourth-order valence-corrected chi connectivity index (χ4v) is 1.47. The zero-order chi connectivity index (χ0) is 14.4. The van der Waals surface area contributed by atoms with Gasteiger partial charge in [0.15, 0.2) is 0 Å². The van der Waals surface area contributed by atoms with Gasteiger partial charge >= 0.3 is 11.9 Å². The Bertz CT molecular complexity index is 614. The molecule has 0 atom stereocenters. The number of ether oxygens (including phenoxy) is 1. The van der Waals surface area contributed by atoms with Gasteiger partial charge in [-0.2, -0.15) is 5.10 Å². The Morgan fingerprint density at radius 1 is 1.15 bits per heavy atom. The van der Waals surface area contributed by atoms with E-state index < -0.39 is 11.9 Å². The number of amides is 1. The van der Waals surface area contributed by atoms with Crippen molar-refractivity contribution in [3.05, 3.63) is 61.4 Å².